The Balaban J connectivity index is 1.28. The van der Waals surface area contributed by atoms with E-state index in [1.807, 2.05) is 30.3 Å². The van der Waals surface area contributed by atoms with E-state index in [1.54, 1.807) is 30.0 Å². The highest BCUT2D eigenvalue weighted by atomic mass is 32.2. The predicted molar refractivity (Wildman–Crippen MR) is 148 cm³/mol. The maximum absolute atomic E-state index is 13.0. The van der Waals surface area contributed by atoms with Crippen LogP contribution < -0.4 is 19.7 Å². The van der Waals surface area contributed by atoms with Gasteiger partial charge >= 0.3 is 0 Å². The van der Waals surface area contributed by atoms with Crippen LogP contribution in [0.3, 0.4) is 0 Å². The zero-order valence-electron chi connectivity index (χ0n) is 21.7. The maximum atomic E-state index is 13.0. The van der Waals surface area contributed by atoms with Gasteiger partial charge in [-0.15, -0.1) is 0 Å². The molecule has 0 radical (unpaired) electrons. The fourth-order valence-electron chi connectivity index (χ4n) is 4.72. The van der Waals surface area contributed by atoms with Crippen LogP contribution in [0, 0.1) is 0 Å². The molecule has 3 aromatic carbocycles. The first-order valence-corrected chi connectivity index (χ1v) is 14.5. The van der Waals surface area contributed by atoms with Gasteiger partial charge in [0.1, 0.15) is 18.1 Å². The second kappa shape index (κ2) is 11.5. The van der Waals surface area contributed by atoms with E-state index >= 15 is 0 Å². The number of carbonyl (C=O) groups excluding carboxylic acids is 2. The SMILES string of the molecule is CC1Oc2ccc(NC(=O)c3ccc(S(=O)(=O)N4CCCCC4)cc3)cc2N(CCOc2ccccc2)C1=O. The van der Waals surface area contributed by atoms with Crippen molar-refractivity contribution in [3.05, 3.63) is 78.4 Å². The summed E-state index contributed by atoms with van der Waals surface area (Å²) in [5.41, 5.74) is 1.33. The van der Waals surface area contributed by atoms with Gasteiger partial charge in [0, 0.05) is 24.3 Å². The van der Waals surface area contributed by atoms with Crippen molar-refractivity contribution in [2.24, 2.45) is 0 Å². The molecule has 10 heteroatoms. The van der Waals surface area contributed by atoms with Crippen molar-refractivity contribution >= 4 is 33.2 Å². The molecule has 0 saturated carbocycles. The Kier molecular flexibility index (Phi) is 7.85. The third-order valence-electron chi connectivity index (χ3n) is 6.82. The molecule has 0 aliphatic carbocycles. The molecule has 0 aromatic heterocycles. The second-order valence-electron chi connectivity index (χ2n) is 9.54. The molecule has 1 fully saturated rings. The summed E-state index contributed by atoms with van der Waals surface area (Å²) in [5, 5.41) is 2.83. The number of para-hydroxylation sites is 1. The highest BCUT2D eigenvalue weighted by Crippen LogP contribution is 2.36. The summed E-state index contributed by atoms with van der Waals surface area (Å²) in [6.07, 6.45) is 2.10. The molecule has 9 nitrogen and oxygen atoms in total. The summed E-state index contributed by atoms with van der Waals surface area (Å²) in [5.74, 6) is 0.648. The van der Waals surface area contributed by atoms with Crippen molar-refractivity contribution < 1.29 is 27.5 Å². The normalized spacial score (nSPS) is 17.7. The summed E-state index contributed by atoms with van der Waals surface area (Å²) in [6, 6.07) is 20.4. The summed E-state index contributed by atoms with van der Waals surface area (Å²) in [6.45, 7) is 3.32. The summed E-state index contributed by atoms with van der Waals surface area (Å²) in [7, 11) is -3.58. The Morgan fingerprint density at radius 3 is 2.44 bits per heavy atom. The molecule has 0 spiro atoms. The molecule has 1 unspecified atom stereocenters. The van der Waals surface area contributed by atoms with E-state index in [0.29, 0.717) is 48.1 Å². The van der Waals surface area contributed by atoms with Gasteiger partial charge in [0.15, 0.2) is 6.10 Å². The van der Waals surface area contributed by atoms with Crippen LogP contribution in [-0.4, -0.2) is 56.9 Å². The molecule has 2 aliphatic heterocycles. The number of piperidine rings is 1. The number of carbonyl (C=O) groups is 2. The Bertz CT molecular complexity index is 1440. The van der Waals surface area contributed by atoms with Crippen molar-refractivity contribution in [3.8, 4) is 11.5 Å². The van der Waals surface area contributed by atoms with E-state index in [1.165, 1.54) is 28.6 Å². The van der Waals surface area contributed by atoms with Crippen molar-refractivity contribution in [2.45, 2.75) is 37.2 Å². The van der Waals surface area contributed by atoms with Crippen molar-refractivity contribution in [1.82, 2.24) is 4.31 Å². The smallest absolute Gasteiger partial charge is 0.267 e. The Morgan fingerprint density at radius 2 is 1.72 bits per heavy atom. The van der Waals surface area contributed by atoms with E-state index < -0.39 is 22.0 Å². The molecule has 5 rings (SSSR count). The Labute approximate surface area is 228 Å². The third kappa shape index (κ3) is 5.91. The van der Waals surface area contributed by atoms with Crippen LogP contribution in [0.4, 0.5) is 11.4 Å². The monoisotopic (exact) mass is 549 g/mol. The van der Waals surface area contributed by atoms with Crippen molar-refractivity contribution in [2.75, 3.05) is 36.5 Å². The number of ether oxygens (including phenoxy) is 2. The van der Waals surface area contributed by atoms with Crippen LogP contribution in [0.15, 0.2) is 77.7 Å². The number of benzene rings is 3. The first kappa shape index (κ1) is 26.7. The van der Waals surface area contributed by atoms with Crippen LogP contribution in [0.5, 0.6) is 11.5 Å². The number of anilines is 2. The molecule has 204 valence electrons. The quantitative estimate of drug-likeness (QED) is 0.449. The fourth-order valence-corrected chi connectivity index (χ4v) is 6.24. The number of amides is 2. The van der Waals surface area contributed by atoms with Gasteiger partial charge < -0.3 is 19.7 Å². The topological polar surface area (TPSA) is 105 Å². The van der Waals surface area contributed by atoms with Gasteiger partial charge in [0.2, 0.25) is 10.0 Å². The number of nitrogens with one attached hydrogen (secondary N) is 1. The minimum Gasteiger partial charge on any atom is -0.492 e. The zero-order valence-corrected chi connectivity index (χ0v) is 22.5. The Hall–Kier alpha value is -3.89. The molecular formula is C29H31N3O6S. The van der Waals surface area contributed by atoms with E-state index in [9.17, 15) is 18.0 Å². The van der Waals surface area contributed by atoms with Crippen molar-refractivity contribution in [3.63, 3.8) is 0 Å². The summed E-state index contributed by atoms with van der Waals surface area (Å²) < 4.78 is 38.9. The number of sulfonamides is 1. The van der Waals surface area contributed by atoms with E-state index in [-0.39, 0.29) is 17.4 Å². The van der Waals surface area contributed by atoms with Crippen LogP contribution in [0.1, 0.15) is 36.5 Å². The van der Waals surface area contributed by atoms with E-state index in [0.717, 1.165) is 19.3 Å². The zero-order chi connectivity index (χ0) is 27.4. The molecule has 2 amide bonds. The number of fused-ring (bicyclic) bond motifs is 1. The lowest BCUT2D eigenvalue weighted by Crippen LogP contribution is -2.46. The minimum absolute atomic E-state index is 0.174. The van der Waals surface area contributed by atoms with Gasteiger partial charge in [-0.25, -0.2) is 8.42 Å². The molecular weight excluding hydrogens is 518 g/mol. The molecule has 3 aromatic rings. The van der Waals surface area contributed by atoms with Crippen LogP contribution in [-0.2, 0) is 14.8 Å². The van der Waals surface area contributed by atoms with Gasteiger partial charge in [-0.1, -0.05) is 24.6 Å². The van der Waals surface area contributed by atoms with Crippen LogP contribution >= 0.6 is 0 Å². The van der Waals surface area contributed by atoms with Gasteiger partial charge in [0.05, 0.1) is 17.1 Å². The average molecular weight is 550 g/mol. The highest BCUT2D eigenvalue weighted by Gasteiger charge is 2.32. The molecule has 39 heavy (non-hydrogen) atoms. The largest absolute Gasteiger partial charge is 0.492 e. The standard InChI is InChI=1S/C29H31N3O6S/c1-21-29(34)32(18-19-37-24-8-4-2-5-9-24)26-20-23(12-15-27(26)38-21)30-28(33)22-10-13-25(14-11-22)39(35,36)31-16-6-3-7-17-31/h2,4-5,8-15,20-21H,3,6-7,16-19H2,1H3,(H,30,33). The summed E-state index contributed by atoms with van der Waals surface area (Å²) in [4.78, 5) is 27.7. The molecule has 2 heterocycles. The third-order valence-corrected chi connectivity index (χ3v) is 8.73. The maximum Gasteiger partial charge on any atom is 0.267 e. The fraction of sp³-hybridized carbons (Fsp3) is 0.310. The minimum atomic E-state index is -3.58. The first-order chi connectivity index (χ1) is 18.8. The van der Waals surface area contributed by atoms with Crippen molar-refractivity contribution in [1.29, 1.82) is 0 Å². The second-order valence-corrected chi connectivity index (χ2v) is 11.5. The number of nitrogens with zero attached hydrogens (tertiary/aromatic N) is 2. The lowest BCUT2D eigenvalue weighted by molar-refractivity contribution is -0.125. The number of hydrogen-bond acceptors (Lipinski definition) is 6. The summed E-state index contributed by atoms with van der Waals surface area (Å²) >= 11 is 0. The first-order valence-electron chi connectivity index (χ1n) is 13.0. The van der Waals surface area contributed by atoms with Gasteiger partial charge in [0.25, 0.3) is 11.8 Å². The number of hydrogen-bond donors (Lipinski definition) is 1. The Morgan fingerprint density at radius 1 is 1.00 bits per heavy atom. The molecule has 1 N–H and O–H groups in total. The number of rotatable bonds is 8. The highest BCUT2D eigenvalue weighted by molar-refractivity contribution is 7.89. The van der Waals surface area contributed by atoms with Gasteiger partial charge in [-0.2, -0.15) is 4.31 Å². The molecule has 2 aliphatic rings. The lowest BCUT2D eigenvalue weighted by Gasteiger charge is -2.33. The van der Waals surface area contributed by atoms with E-state index in [4.69, 9.17) is 9.47 Å². The molecule has 1 atom stereocenters. The van der Waals surface area contributed by atoms with Crippen LogP contribution in [0.25, 0.3) is 0 Å². The lowest BCUT2D eigenvalue weighted by atomic mass is 10.1. The average Bonchev–Trinajstić information content (AvgIpc) is 2.96. The molecule has 0 bridgehead atoms. The van der Waals surface area contributed by atoms with Crippen LogP contribution in [0.2, 0.25) is 0 Å². The molecule has 1 saturated heterocycles. The van der Waals surface area contributed by atoms with E-state index in [2.05, 4.69) is 5.32 Å². The van der Waals surface area contributed by atoms with Gasteiger partial charge in [-0.05, 0) is 74.4 Å². The predicted octanol–water partition coefficient (Wildman–Crippen LogP) is 4.31. The van der Waals surface area contributed by atoms with Gasteiger partial charge in [-0.3, -0.25) is 9.59 Å².